The van der Waals surface area contributed by atoms with Crippen molar-refractivity contribution < 1.29 is 20.0 Å². The van der Waals surface area contributed by atoms with Gasteiger partial charge in [-0.1, -0.05) is 0 Å². The highest BCUT2D eigenvalue weighted by Gasteiger charge is 2.29. The fraction of sp³-hybridized carbons (Fsp3) is 0.500. The third-order valence-corrected chi connectivity index (χ3v) is 1.18. The molecular formula is C4H6N2O4. The Labute approximate surface area is 56.2 Å². The molecule has 6 heteroatoms. The van der Waals surface area contributed by atoms with Gasteiger partial charge in [-0.25, -0.2) is 9.86 Å². The molecule has 2 N–H and O–H groups in total. The zero-order valence-corrected chi connectivity index (χ0v) is 5.02. The van der Waals surface area contributed by atoms with E-state index in [2.05, 4.69) is 0 Å². The van der Waals surface area contributed by atoms with E-state index in [0.717, 1.165) is 0 Å². The molecular weight excluding hydrogens is 140 g/mol. The molecule has 0 unspecified atom stereocenters. The largest absolute Gasteiger partial charge is 0.374 e. The van der Waals surface area contributed by atoms with Crippen molar-refractivity contribution in [2.75, 3.05) is 6.54 Å². The summed E-state index contributed by atoms with van der Waals surface area (Å²) in [6, 6.07) is -1.10. The van der Waals surface area contributed by atoms with Crippen molar-refractivity contribution in [1.82, 2.24) is 10.1 Å². The minimum absolute atomic E-state index is 0.0568. The number of hydroxylamine groups is 4. The van der Waals surface area contributed by atoms with Crippen LogP contribution in [0.1, 0.15) is 6.42 Å². The number of nitrogens with zero attached hydrogens (tertiary/aromatic N) is 2. The quantitative estimate of drug-likeness (QED) is 0.448. The van der Waals surface area contributed by atoms with Gasteiger partial charge in [-0.05, 0) is 0 Å². The summed E-state index contributed by atoms with van der Waals surface area (Å²) >= 11 is 0. The van der Waals surface area contributed by atoms with Gasteiger partial charge in [-0.3, -0.25) is 15.2 Å². The SMILES string of the molecule is O=C1CCN(O)C(=O)N1O. The zero-order valence-electron chi connectivity index (χ0n) is 5.02. The van der Waals surface area contributed by atoms with E-state index in [9.17, 15) is 9.59 Å². The van der Waals surface area contributed by atoms with Gasteiger partial charge in [-0.2, -0.15) is 0 Å². The van der Waals surface area contributed by atoms with Crippen molar-refractivity contribution in [2.24, 2.45) is 0 Å². The predicted octanol–water partition coefficient (Wildman–Crippen LogP) is -0.581. The first-order valence-electron chi connectivity index (χ1n) is 2.65. The number of hydrogen-bond acceptors (Lipinski definition) is 4. The monoisotopic (exact) mass is 146 g/mol. The molecule has 0 aromatic rings. The van der Waals surface area contributed by atoms with Crippen LogP contribution in [0.15, 0.2) is 0 Å². The van der Waals surface area contributed by atoms with E-state index in [-0.39, 0.29) is 23.1 Å². The third kappa shape index (κ3) is 0.937. The molecule has 10 heavy (non-hydrogen) atoms. The second-order valence-electron chi connectivity index (χ2n) is 1.86. The molecule has 1 rings (SSSR count). The lowest BCUT2D eigenvalue weighted by molar-refractivity contribution is -0.175. The fourth-order valence-electron chi connectivity index (χ4n) is 0.619. The summed E-state index contributed by atoms with van der Waals surface area (Å²) in [5.74, 6) is -0.699. The van der Waals surface area contributed by atoms with Crippen LogP contribution in [-0.4, -0.2) is 39.0 Å². The summed E-state index contributed by atoms with van der Waals surface area (Å²) in [6.45, 7) is -0.0608. The minimum atomic E-state index is -1.10. The standard InChI is InChI=1S/C4H6N2O4/c7-3-1-2-5(9)4(8)6(3)10/h9-10H,1-2H2. The van der Waals surface area contributed by atoms with E-state index >= 15 is 0 Å². The van der Waals surface area contributed by atoms with Gasteiger partial charge in [0.05, 0.1) is 6.54 Å². The van der Waals surface area contributed by atoms with E-state index in [4.69, 9.17) is 10.4 Å². The van der Waals surface area contributed by atoms with Crippen LogP contribution in [0.3, 0.4) is 0 Å². The third-order valence-electron chi connectivity index (χ3n) is 1.18. The summed E-state index contributed by atoms with van der Waals surface area (Å²) < 4.78 is 0. The van der Waals surface area contributed by atoms with Gasteiger partial charge in [-0.15, -0.1) is 5.06 Å². The van der Waals surface area contributed by atoms with Gasteiger partial charge in [0.25, 0.3) is 5.91 Å². The first-order chi connectivity index (χ1) is 4.63. The smallest absolute Gasteiger partial charge is 0.284 e. The Morgan fingerprint density at radius 3 is 2.40 bits per heavy atom. The Morgan fingerprint density at radius 1 is 1.30 bits per heavy atom. The summed E-state index contributed by atoms with van der Waals surface area (Å²) in [4.78, 5) is 20.9. The van der Waals surface area contributed by atoms with Gasteiger partial charge in [0, 0.05) is 6.42 Å². The number of carbonyl (C=O) groups is 2. The maximum atomic E-state index is 10.5. The molecule has 6 nitrogen and oxygen atoms in total. The Hall–Kier alpha value is -1.14. The molecule has 0 atom stereocenters. The molecule has 56 valence electrons. The molecule has 0 radical (unpaired) electrons. The molecule has 1 aliphatic rings. The van der Waals surface area contributed by atoms with Gasteiger partial charge in [0.1, 0.15) is 0 Å². The highest BCUT2D eigenvalue weighted by molar-refractivity contribution is 5.94. The summed E-state index contributed by atoms with van der Waals surface area (Å²) in [5.41, 5.74) is 0. The highest BCUT2D eigenvalue weighted by atomic mass is 16.6. The average molecular weight is 146 g/mol. The van der Waals surface area contributed by atoms with Crippen LogP contribution in [0.5, 0.6) is 0 Å². The average Bonchev–Trinajstić information content (AvgIpc) is 1.93. The molecule has 3 amide bonds. The second-order valence-corrected chi connectivity index (χ2v) is 1.86. The molecule has 0 saturated carbocycles. The molecule has 0 aliphatic carbocycles. The van der Waals surface area contributed by atoms with Crippen molar-refractivity contribution in [1.29, 1.82) is 0 Å². The maximum Gasteiger partial charge on any atom is 0.374 e. The van der Waals surface area contributed by atoms with Crippen LogP contribution in [-0.2, 0) is 4.79 Å². The number of imide groups is 1. The van der Waals surface area contributed by atoms with Crippen LogP contribution in [0.25, 0.3) is 0 Å². The van der Waals surface area contributed by atoms with E-state index in [1.165, 1.54) is 0 Å². The van der Waals surface area contributed by atoms with E-state index in [1.807, 2.05) is 0 Å². The molecule has 1 heterocycles. The van der Waals surface area contributed by atoms with E-state index < -0.39 is 11.9 Å². The van der Waals surface area contributed by atoms with Crippen molar-refractivity contribution in [2.45, 2.75) is 6.42 Å². The fourth-order valence-corrected chi connectivity index (χ4v) is 0.619. The van der Waals surface area contributed by atoms with Crippen LogP contribution < -0.4 is 0 Å². The lowest BCUT2D eigenvalue weighted by atomic mass is 10.3. The molecule has 1 fully saturated rings. The molecule has 0 bridgehead atoms. The normalized spacial score (nSPS) is 20.2. The molecule has 1 aliphatic heterocycles. The maximum absolute atomic E-state index is 10.5. The summed E-state index contributed by atoms with van der Waals surface area (Å²) in [5, 5.41) is 17.3. The molecule has 0 spiro atoms. The summed E-state index contributed by atoms with van der Waals surface area (Å²) in [7, 11) is 0. The first kappa shape index (κ1) is 6.97. The number of amides is 3. The van der Waals surface area contributed by atoms with Gasteiger partial charge in [0.2, 0.25) is 0 Å². The highest BCUT2D eigenvalue weighted by Crippen LogP contribution is 2.04. The first-order valence-corrected chi connectivity index (χ1v) is 2.65. The predicted molar refractivity (Wildman–Crippen MR) is 27.1 cm³/mol. The molecule has 1 saturated heterocycles. The van der Waals surface area contributed by atoms with E-state index in [0.29, 0.717) is 0 Å². The Morgan fingerprint density at radius 2 is 1.90 bits per heavy atom. The number of hydrogen-bond donors (Lipinski definition) is 2. The minimum Gasteiger partial charge on any atom is -0.284 e. The lowest BCUT2D eigenvalue weighted by Crippen LogP contribution is -2.49. The van der Waals surface area contributed by atoms with Crippen molar-refractivity contribution in [3.05, 3.63) is 0 Å². The lowest BCUT2D eigenvalue weighted by Gasteiger charge is -2.24. The van der Waals surface area contributed by atoms with Crippen molar-refractivity contribution in [3.63, 3.8) is 0 Å². The van der Waals surface area contributed by atoms with Crippen LogP contribution >= 0.6 is 0 Å². The van der Waals surface area contributed by atoms with Crippen molar-refractivity contribution in [3.8, 4) is 0 Å². The van der Waals surface area contributed by atoms with Gasteiger partial charge >= 0.3 is 6.03 Å². The van der Waals surface area contributed by atoms with Gasteiger partial charge in [0.15, 0.2) is 0 Å². The topological polar surface area (TPSA) is 81.1 Å². The Balaban J connectivity index is 2.70. The number of urea groups is 1. The van der Waals surface area contributed by atoms with Gasteiger partial charge < -0.3 is 0 Å². The van der Waals surface area contributed by atoms with Crippen molar-refractivity contribution >= 4 is 11.9 Å². The molecule has 0 aromatic carbocycles. The van der Waals surface area contributed by atoms with Crippen LogP contribution in [0.2, 0.25) is 0 Å². The zero-order chi connectivity index (χ0) is 7.72. The molecule has 0 aromatic heterocycles. The Kier molecular flexibility index (Phi) is 1.56. The summed E-state index contributed by atoms with van der Waals surface area (Å²) in [6.07, 6.45) is -0.0568. The number of carbonyl (C=O) groups excluding carboxylic acids is 2. The Bertz CT molecular complexity index is 180. The van der Waals surface area contributed by atoms with E-state index in [1.54, 1.807) is 0 Å². The van der Waals surface area contributed by atoms with Crippen LogP contribution in [0, 0.1) is 0 Å². The number of rotatable bonds is 0. The second kappa shape index (κ2) is 2.24. The van der Waals surface area contributed by atoms with Crippen LogP contribution in [0.4, 0.5) is 4.79 Å².